The predicted molar refractivity (Wildman–Crippen MR) is 112 cm³/mol. The van der Waals surface area contributed by atoms with E-state index in [0.29, 0.717) is 37.7 Å². The zero-order valence-electron chi connectivity index (χ0n) is 16.3. The Morgan fingerprint density at radius 3 is 2.34 bits per heavy atom. The number of nitrogens with zero attached hydrogens (tertiary/aromatic N) is 3. The van der Waals surface area contributed by atoms with Crippen LogP contribution in [0.1, 0.15) is 12.0 Å². The van der Waals surface area contributed by atoms with Gasteiger partial charge in [0.05, 0.1) is 5.92 Å². The van der Waals surface area contributed by atoms with Crippen LogP contribution in [0.5, 0.6) is 0 Å². The number of rotatable bonds is 3. The van der Waals surface area contributed by atoms with E-state index in [1.165, 1.54) is 12.1 Å². The first-order valence-corrected chi connectivity index (χ1v) is 10.2. The smallest absolute Gasteiger partial charge is 0.228 e. The Hall–Kier alpha value is -2.60. The average Bonchev–Trinajstić information content (AvgIpc) is 3.12. The van der Waals surface area contributed by atoms with Gasteiger partial charge in [-0.25, -0.2) is 4.39 Å². The van der Waals surface area contributed by atoms with Gasteiger partial charge in [0.2, 0.25) is 11.8 Å². The van der Waals surface area contributed by atoms with Gasteiger partial charge in [-0.2, -0.15) is 0 Å². The molecular weight excluding hydrogens is 393 g/mol. The largest absolute Gasteiger partial charge is 0.368 e. The number of hydrogen-bond donors (Lipinski definition) is 0. The number of benzene rings is 2. The van der Waals surface area contributed by atoms with Crippen molar-refractivity contribution in [3.8, 4) is 0 Å². The molecule has 0 spiro atoms. The van der Waals surface area contributed by atoms with Gasteiger partial charge >= 0.3 is 0 Å². The highest BCUT2D eigenvalue weighted by Crippen LogP contribution is 2.30. The molecule has 4 rings (SSSR count). The third-order valence-electron chi connectivity index (χ3n) is 5.72. The summed E-state index contributed by atoms with van der Waals surface area (Å²) in [6, 6.07) is 11.9. The van der Waals surface area contributed by atoms with Crippen LogP contribution < -0.4 is 9.80 Å². The van der Waals surface area contributed by atoms with Crippen LogP contribution in [-0.4, -0.2) is 49.4 Å². The lowest BCUT2D eigenvalue weighted by atomic mass is 10.1. The number of hydrogen-bond acceptors (Lipinski definition) is 3. The molecule has 2 heterocycles. The fourth-order valence-corrected chi connectivity index (χ4v) is 4.14. The van der Waals surface area contributed by atoms with Crippen LogP contribution in [0.25, 0.3) is 0 Å². The fraction of sp³-hybridized carbons (Fsp3) is 0.364. The summed E-state index contributed by atoms with van der Waals surface area (Å²) in [5.74, 6) is -0.612. The molecule has 0 saturated carbocycles. The Morgan fingerprint density at radius 2 is 1.69 bits per heavy atom. The van der Waals surface area contributed by atoms with Crippen molar-refractivity contribution in [1.82, 2.24) is 4.90 Å². The first-order valence-electron chi connectivity index (χ1n) is 9.78. The number of piperazine rings is 1. The minimum absolute atomic E-state index is 0.0258. The quantitative estimate of drug-likeness (QED) is 0.770. The van der Waals surface area contributed by atoms with Gasteiger partial charge in [-0.05, 0) is 48.9 Å². The maximum atomic E-state index is 13.1. The van der Waals surface area contributed by atoms with Gasteiger partial charge in [-0.15, -0.1) is 0 Å². The van der Waals surface area contributed by atoms with E-state index in [4.69, 9.17) is 11.6 Å². The van der Waals surface area contributed by atoms with Crippen LogP contribution in [0.2, 0.25) is 5.02 Å². The molecule has 0 aliphatic carbocycles. The van der Waals surface area contributed by atoms with E-state index in [0.717, 1.165) is 16.9 Å². The van der Waals surface area contributed by atoms with Gasteiger partial charge in [-0.1, -0.05) is 17.7 Å². The van der Waals surface area contributed by atoms with Gasteiger partial charge in [0.1, 0.15) is 5.82 Å². The average molecular weight is 416 g/mol. The molecule has 2 aromatic rings. The molecule has 0 bridgehead atoms. The lowest BCUT2D eigenvalue weighted by molar-refractivity contribution is -0.136. The maximum absolute atomic E-state index is 13.1. The van der Waals surface area contributed by atoms with E-state index in [1.807, 2.05) is 24.0 Å². The highest BCUT2D eigenvalue weighted by Gasteiger charge is 2.38. The van der Waals surface area contributed by atoms with Crippen molar-refractivity contribution >= 4 is 34.8 Å². The molecule has 0 aromatic heterocycles. The van der Waals surface area contributed by atoms with E-state index in [-0.39, 0.29) is 30.0 Å². The molecule has 0 radical (unpaired) electrons. The zero-order valence-corrected chi connectivity index (χ0v) is 17.0. The molecule has 152 valence electrons. The molecule has 5 nitrogen and oxygen atoms in total. The summed E-state index contributed by atoms with van der Waals surface area (Å²) in [6.07, 6.45) is 0.225. The Balaban J connectivity index is 1.37. The van der Waals surface area contributed by atoms with Crippen LogP contribution in [0.15, 0.2) is 42.5 Å². The number of carbonyl (C=O) groups is 2. The number of aryl methyl sites for hydroxylation is 1. The second kappa shape index (κ2) is 8.03. The van der Waals surface area contributed by atoms with E-state index in [9.17, 15) is 14.0 Å². The van der Waals surface area contributed by atoms with E-state index < -0.39 is 0 Å². The molecule has 1 unspecified atom stereocenters. The van der Waals surface area contributed by atoms with Crippen molar-refractivity contribution in [2.24, 2.45) is 5.92 Å². The summed E-state index contributed by atoms with van der Waals surface area (Å²) < 4.78 is 13.1. The zero-order chi connectivity index (χ0) is 20.5. The minimum atomic E-state index is -0.333. The fourth-order valence-electron chi connectivity index (χ4n) is 3.97. The second-order valence-electron chi connectivity index (χ2n) is 7.63. The van der Waals surface area contributed by atoms with Crippen molar-refractivity contribution < 1.29 is 14.0 Å². The Bertz CT molecular complexity index is 926. The summed E-state index contributed by atoms with van der Waals surface area (Å²) in [5.41, 5.74) is 2.65. The van der Waals surface area contributed by atoms with Crippen LogP contribution in [0.3, 0.4) is 0 Å². The Kier molecular flexibility index (Phi) is 5.46. The summed E-state index contributed by atoms with van der Waals surface area (Å²) in [5, 5.41) is 0.613. The molecular formula is C22H23ClFN3O2. The number of anilines is 2. The molecule has 2 aliphatic rings. The lowest BCUT2D eigenvalue weighted by Crippen LogP contribution is -2.50. The molecule has 2 aromatic carbocycles. The highest BCUT2D eigenvalue weighted by atomic mass is 35.5. The SMILES string of the molecule is Cc1ccc(N2CC(C(=O)N3CCN(c4ccc(F)cc4)CC3)CC2=O)cc1Cl. The van der Waals surface area contributed by atoms with Crippen LogP contribution in [-0.2, 0) is 9.59 Å². The maximum Gasteiger partial charge on any atom is 0.228 e. The van der Waals surface area contributed by atoms with Crippen molar-refractivity contribution in [2.45, 2.75) is 13.3 Å². The van der Waals surface area contributed by atoms with Crippen LogP contribution in [0.4, 0.5) is 15.8 Å². The van der Waals surface area contributed by atoms with E-state index in [1.54, 1.807) is 23.1 Å². The van der Waals surface area contributed by atoms with Gasteiger partial charge in [0.25, 0.3) is 0 Å². The van der Waals surface area contributed by atoms with Crippen molar-refractivity contribution in [1.29, 1.82) is 0 Å². The van der Waals surface area contributed by atoms with Gasteiger partial charge in [0.15, 0.2) is 0 Å². The van der Waals surface area contributed by atoms with Crippen LogP contribution in [0, 0.1) is 18.7 Å². The van der Waals surface area contributed by atoms with Crippen LogP contribution >= 0.6 is 11.6 Å². The van der Waals surface area contributed by atoms with Gasteiger partial charge < -0.3 is 14.7 Å². The predicted octanol–water partition coefficient (Wildman–Crippen LogP) is 3.49. The molecule has 7 heteroatoms. The molecule has 2 saturated heterocycles. The monoisotopic (exact) mass is 415 g/mol. The third-order valence-corrected chi connectivity index (χ3v) is 6.13. The minimum Gasteiger partial charge on any atom is -0.368 e. The summed E-state index contributed by atoms with van der Waals surface area (Å²) in [6.45, 7) is 4.87. The van der Waals surface area contributed by atoms with Gasteiger partial charge in [0, 0.05) is 55.5 Å². The Labute approximate surface area is 174 Å². The highest BCUT2D eigenvalue weighted by molar-refractivity contribution is 6.31. The van der Waals surface area contributed by atoms with Crippen molar-refractivity contribution in [2.75, 3.05) is 42.5 Å². The first kappa shape index (κ1) is 19.7. The van der Waals surface area contributed by atoms with Crippen molar-refractivity contribution in [3.05, 3.63) is 58.9 Å². The normalized spacial score (nSPS) is 19.8. The lowest BCUT2D eigenvalue weighted by Gasteiger charge is -2.37. The molecule has 1 atom stereocenters. The Morgan fingerprint density at radius 1 is 1.03 bits per heavy atom. The summed E-state index contributed by atoms with van der Waals surface area (Å²) >= 11 is 6.19. The number of amides is 2. The first-order chi connectivity index (χ1) is 13.9. The van der Waals surface area contributed by atoms with Gasteiger partial charge in [-0.3, -0.25) is 9.59 Å². The van der Waals surface area contributed by atoms with E-state index >= 15 is 0 Å². The van der Waals surface area contributed by atoms with Crippen molar-refractivity contribution in [3.63, 3.8) is 0 Å². The standard InChI is InChI=1S/C22H23ClFN3O2/c1-15-2-5-19(13-20(15)23)27-14-16(12-21(27)28)22(29)26-10-8-25(9-11-26)18-6-3-17(24)4-7-18/h2-7,13,16H,8-12,14H2,1H3. The molecule has 2 amide bonds. The number of carbonyl (C=O) groups excluding carboxylic acids is 2. The summed E-state index contributed by atoms with van der Waals surface area (Å²) in [4.78, 5) is 31.1. The third kappa shape index (κ3) is 4.08. The summed E-state index contributed by atoms with van der Waals surface area (Å²) in [7, 11) is 0. The molecule has 2 aliphatic heterocycles. The second-order valence-corrected chi connectivity index (χ2v) is 8.03. The molecule has 0 N–H and O–H groups in total. The van der Waals surface area contributed by atoms with E-state index in [2.05, 4.69) is 4.90 Å². The number of halogens is 2. The molecule has 2 fully saturated rings. The topological polar surface area (TPSA) is 43.9 Å². The molecule has 29 heavy (non-hydrogen) atoms.